The van der Waals surface area contributed by atoms with Gasteiger partial charge in [-0.2, -0.15) is 0 Å². The van der Waals surface area contributed by atoms with Gasteiger partial charge in [0, 0.05) is 18.2 Å². The number of hydrogen-bond acceptors (Lipinski definition) is 5. The molecule has 0 amide bonds. The number of furan rings is 1. The lowest BCUT2D eigenvalue weighted by Gasteiger charge is -2.43. The first-order chi connectivity index (χ1) is 15.3. The van der Waals surface area contributed by atoms with Crippen LogP contribution in [-0.4, -0.2) is 29.6 Å². The second-order valence-corrected chi connectivity index (χ2v) is 9.30. The van der Waals surface area contributed by atoms with E-state index in [1.54, 1.807) is 13.4 Å². The number of benzene rings is 2. The summed E-state index contributed by atoms with van der Waals surface area (Å²) in [6.45, 7) is 8.46. The van der Waals surface area contributed by atoms with Crippen molar-refractivity contribution in [3.8, 4) is 5.75 Å². The maximum Gasteiger partial charge on any atom is 0.325 e. The summed E-state index contributed by atoms with van der Waals surface area (Å²) in [6, 6.07) is 19.6. The van der Waals surface area contributed by atoms with Crippen LogP contribution in [0.1, 0.15) is 62.1 Å². The lowest BCUT2D eigenvalue weighted by Crippen LogP contribution is -2.51. The van der Waals surface area contributed by atoms with Crippen molar-refractivity contribution in [2.75, 3.05) is 7.11 Å². The van der Waals surface area contributed by atoms with Crippen molar-refractivity contribution in [1.29, 1.82) is 0 Å². The number of esters is 1. The Hall–Kier alpha value is -3.05. The molecule has 0 saturated carbocycles. The Morgan fingerprint density at radius 1 is 1.06 bits per heavy atom. The second kappa shape index (κ2) is 8.83. The van der Waals surface area contributed by atoms with E-state index in [2.05, 4.69) is 24.0 Å². The minimum Gasteiger partial charge on any atom is -0.497 e. The topological polar surface area (TPSA) is 51.9 Å². The van der Waals surface area contributed by atoms with Crippen LogP contribution < -0.4 is 4.74 Å². The first-order valence-electron chi connectivity index (χ1n) is 11.0. The van der Waals surface area contributed by atoms with Gasteiger partial charge in [-0.1, -0.05) is 42.5 Å². The molecule has 0 saturated heterocycles. The molecule has 1 aromatic heterocycles. The predicted octanol–water partition coefficient (Wildman–Crippen LogP) is 5.71. The van der Waals surface area contributed by atoms with Crippen LogP contribution in [0.25, 0.3) is 0 Å². The van der Waals surface area contributed by atoms with Gasteiger partial charge in [0.05, 0.1) is 19.3 Å². The fourth-order valence-corrected chi connectivity index (χ4v) is 4.46. The van der Waals surface area contributed by atoms with Crippen molar-refractivity contribution in [3.05, 3.63) is 89.4 Å². The van der Waals surface area contributed by atoms with Gasteiger partial charge in [-0.25, -0.2) is 0 Å². The summed E-state index contributed by atoms with van der Waals surface area (Å²) in [5, 5.41) is 0. The number of nitrogens with zero attached hydrogens (tertiary/aromatic N) is 1. The lowest BCUT2D eigenvalue weighted by atomic mass is 9.82. The Bertz CT molecular complexity index is 1050. The molecule has 0 unspecified atom stereocenters. The van der Waals surface area contributed by atoms with Gasteiger partial charge in [-0.15, -0.1) is 0 Å². The first-order valence-corrected chi connectivity index (χ1v) is 11.0. The summed E-state index contributed by atoms with van der Waals surface area (Å²) in [5.74, 6) is 1.05. The highest BCUT2D eigenvalue weighted by Crippen LogP contribution is 2.43. The molecule has 3 atom stereocenters. The second-order valence-electron chi connectivity index (χ2n) is 9.30. The molecule has 1 aliphatic rings. The molecule has 0 bridgehead atoms. The monoisotopic (exact) mass is 433 g/mol. The minimum absolute atomic E-state index is 0.0116. The van der Waals surface area contributed by atoms with Crippen molar-refractivity contribution in [3.63, 3.8) is 0 Å². The quantitative estimate of drug-likeness (QED) is 0.483. The Morgan fingerprint density at radius 3 is 2.38 bits per heavy atom. The summed E-state index contributed by atoms with van der Waals surface area (Å²) in [5.41, 5.74) is 2.64. The van der Waals surface area contributed by atoms with Gasteiger partial charge in [-0.05, 0) is 57.0 Å². The molecule has 2 heterocycles. The van der Waals surface area contributed by atoms with E-state index in [1.165, 1.54) is 0 Å². The molecule has 2 aromatic carbocycles. The molecule has 0 N–H and O–H groups in total. The molecular formula is C27H31NO4. The number of carbonyl (C=O) groups excluding carboxylic acids is 1. The summed E-state index contributed by atoms with van der Waals surface area (Å²) < 4.78 is 17.2. The third kappa shape index (κ3) is 4.44. The van der Waals surface area contributed by atoms with Crippen LogP contribution in [0.3, 0.4) is 0 Å². The van der Waals surface area contributed by atoms with Crippen LogP contribution in [0.4, 0.5) is 0 Å². The van der Waals surface area contributed by atoms with Crippen LogP contribution in [0.15, 0.2) is 71.3 Å². The zero-order chi connectivity index (χ0) is 22.9. The molecule has 1 aliphatic heterocycles. The van der Waals surface area contributed by atoms with Gasteiger partial charge < -0.3 is 13.9 Å². The van der Waals surface area contributed by atoms with Crippen LogP contribution in [0, 0.1) is 0 Å². The molecule has 5 heteroatoms. The predicted molar refractivity (Wildman–Crippen MR) is 124 cm³/mol. The normalized spacial score (nSPS) is 19.8. The molecule has 5 nitrogen and oxygen atoms in total. The maximum atomic E-state index is 13.7. The van der Waals surface area contributed by atoms with Gasteiger partial charge in [0.1, 0.15) is 23.2 Å². The van der Waals surface area contributed by atoms with E-state index in [4.69, 9.17) is 13.9 Å². The highest BCUT2D eigenvalue weighted by molar-refractivity contribution is 5.79. The van der Waals surface area contributed by atoms with Crippen molar-refractivity contribution >= 4 is 5.97 Å². The number of fused-ring (bicyclic) bond motifs is 1. The van der Waals surface area contributed by atoms with Crippen LogP contribution in [-0.2, 0) is 16.1 Å². The minimum atomic E-state index is -0.591. The fraction of sp³-hybridized carbons (Fsp3) is 0.370. The van der Waals surface area contributed by atoms with E-state index in [-0.39, 0.29) is 17.9 Å². The summed E-state index contributed by atoms with van der Waals surface area (Å²) >= 11 is 0. The average Bonchev–Trinajstić information content (AvgIpc) is 3.25. The highest BCUT2D eigenvalue weighted by atomic mass is 16.6. The van der Waals surface area contributed by atoms with Gasteiger partial charge in [0.25, 0.3) is 0 Å². The van der Waals surface area contributed by atoms with Crippen molar-refractivity contribution in [2.45, 2.75) is 57.8 Å². The molecule has 0 aliphatic carbocycles. The third-order valence-electron chi connectivity index (χ3n) is 5.99. The number of hydrogen-bond donors (Lipinski definition) is 0. The van der Waals surface area contributed by atoms with Gasteiger partial charge >= 0.3 is 5.97 Å². The molecule has 0 spiro atoms. The largest absolute Gasteiger partial charge is 0.497 e. The summed E-state index contributed by atoms with van der Waals surface area (Å²) in [4.78, 5) is 15.9. The Morgan fingerprint density at radius 2 is 1.75 bits per heavy atom. The Balaban J connectivity index is 1.83. The van der Waals surface area contributed by atoms with Crippen LogP contribution >= 0.6 is 0 Å². The zero-order valence-corrected chi connectivity index (χ0v) is 19.4. The first kappa shape index (κ1) is 22.2. The standard InChI is InChI=1S/C27H31NO4/c1-18(19-9-7-6-8-10-19)28-17-21-15-16-31-25(21)23(20-11-13-22(30-5)14-12-20)24(28)26(29)32-27(2,3)4/h6-16,18,23-24H,17H2,1-5H3/t18-,23-,24+/m1/s1. The Kier molecular flexibility index (Phi) is 6.11. The fourth-order valence-electron chi connectivity index (χ4n) is 4.46. The molecular weight excluding hydrogens is 402 g/mol. The smallest absolute Gasteiger partial charge is 0.325 e. The highest BCUT2D eigenvalue weighted by Gasteiger charge is 2.46. The number of rotatable bonds is 5. The van der Waals surface area contributed by atoms with Gasteiger partial charge in [-0.3, -0.25) is 9.69 Å². The lowest BCUT2D eigenvalue weighted by molar-refractivity contribution is -0.164. The van der Waals surface area contributed by atoms with Crippen molar-refractivity contribution in [2.24, 2.45) is 0 Å². The van der Waals surface area contributed by atoms with Gasteiger partial charge in [0.2, 0.25) is 0 Å². The molecule has 32 heavy (non-hydrogen) atoms. The molecule has 168 valence electrons. The van der Waals surface area contributed by atoms with E-state index in [0.29, 0.717) is 6.54 Å². The van der Waals surface area contributed by atoms with E-state index < -0.39 is 11.6 Å². The number of methoxy groups -OCH3 is 1. The van der Waals surface area contributed by atoms with E-state index in [0.717, 1.165) is 28.2 Å². The molecule has 0 radical (unpaired) electrons. The average molecular weight is 434 g/mol. The Labute approximate surface area is 189 Å². The summed E-state index contributed by atoms with van der Waals surface area (Å²) in [7, 11) is 1.65. The van der Waals surface area contributed by atoms with E-state index in [1.807, 2.05) is 69.3 Å². The third-order valence-corrected chi connectivity index (χ3v) is 5.99. The molecule has 0 fully saturated rings. The number of ether oxygens (including phenoxy) is 2. The van der Waals surface area contributed by atoms with Crippen LogP contribution in [0.5, 0.6) is 5.75 Å². The SMILES string of the molecule is COc1ccc([C@H]2c3occc3CN([C@H](C)c3ccccc3)[C@@H]2C(=O)OC(C)(C)C)cc1. The number of carbonyl (C=O) groups is 1. The molecule has 4 rings (SSSR count). The zero-order valence-electron chi connectivity index (χ0n) is 19.4. The van der Waals surface area contributed by atoms with Crippen molar-refractivity contribution < 1.29 is 18.7 Å². The molecule has 3 aromatic rings. The van der Waals surface area contributed by atoms with E-state index in [9.17, 15) is 4.79 Å². The van der Waals surface area contributed by atoms with Crippen molar-refractivity contribution in [1.82, 2.24) is 4.90 Å². The summed E-state index contributed by atoms with van der Waals surface area (Å²) in [6.07, 6.45) is 1.71. The maximum absolute atomic E-state index is 13.7. The van der Waals surface area contributed by atoms with Gasteiger partial charge in [0.15, 0.2) is 0 Å². The van der Waals surface area contributed by atoms with E-state index >= 15 is 0 Å². The van der Waals surface area contributed by atoms with Crippen LogP contribution in [0.2, 0.25) is 0 Å².